The zero-order valence-electron chi connectivity index (χ0n) is 16.6. The van der Waals surface area contributed by atoms with Crippen molar-refractivity contribution in [1.82, 2.24) is 0 Å². The van der Waals surface area contributed by atoms with Gasteiger partial charge in [0.05, 0.1) is 0 Å². The first-order valence-electron chi connectivity index (χ1n) is 9.51. The van der Waals surface area contributed by atoms with E-state index in [-0.39, 0.29) is 6.42 Å². The van der Waals surface area contributed by atoms with Crippen LogP contribution in [0.2, 0.25) is 0 Å². The van der Waals surface area contributed by atoms with Gasteiger partial charge in [-0.2, -0.15) is 0 Å². The summed E-state index contributed by atoms with van der Waals surface area (Å²) in [6.45, 7) is 7.01. The molecule has 0 aliphatic carbocycles. The number of aryl methyl sites for hydroxylation is 3. The fourth-order valence-electron chi connectivity index (χ4n) is 3.39. The van der Waals surface area contributed by atoms with Gasteiger partial charge in [-0.05, 0) is 66.8 Å². The second kappa shape index (κ2) is 8.79. The summed E-state index contributed by atoms with van der Waals surface area (Å²) in [7, 11) is 0. The number of fused-ring (bicyclic) bond motifs is 1. The van der Waals surface area contributed by atoms with Crippen molar-refractivity contribution >= 4 is 16.7 Å². The molecule has 0 amide bonds. The van der Waals surface area contributed by atoms with E-state index < -0.39 is 5.97 Å². The predicted octanol–water partition coefficient (Wildman–Crippen LogP) is 5.24. The molecular formula is C24H26O4. The average molecular weight is 378 g/mol. The minimum atomic E-state index is -0.812. The SMILES string of the molecule is Cc1cc(C)c(C)c(OCCOc2ccc3ccccc3c2CCC(=O)O)c1. The minimum Gasteiger partial charge on any atom is -0.490 e. The molecule has 3 aromatic carbocycles. The molecule has 4 nitrogen and oxygen atoms in total. The topological polar surface area (TPSA) is 55.8 Å². The smallest absolute Gasteiger partial charge is 0.303 e. The van der Waals surface area contributed by atoms with Crippen LogP contribution < -0.4 is 9.47 Å². The number of aliphatic carboxylic acids is 1. The number of hydrogen-bond donors (Lipinski definition) is 1. The Bertz CT molecular complexity index is 991. The molecule has 0 unspecified atom stereocenters. The zero-order chi connectivity index (χ0) is 20.1. The third kappa shape index (κ3) is 4.63. The van der Waals surface area contributed by atoms with E-state index in [9.17, 15) is 4.79 Å². The summed E-state index contributed by atoms with van der Waals surface area (Å²) in [5.41, 5.74) is 4.45. The minimum absolute atomic E-state index is 0.0721. The monoisotopic (exact) mass is 378 g/mol. The fourth-order valence-corrected chi connectivity index (χ4v) is 3.39. The van der Waals surface area contributed by atoms with Gasteiger partial charge in [-0.15, -0.1) is 0 Å². The standard InChI is InChI=1S/C24H26O4/c1-16-14-17(2)18(3)23(15-16)28-13-12-27-22-10-8-19-6-4-5-7-20(19)21(22)9-11-24(25)26/h4-8,10,14-15H,9,11-13H2,1-3H3,(H,25,26). The van der Waals surface area contributed by atoms with Gasteiger partial charge in [0.25, 0.3) is 0 Å². The molecule has 0 heterocycles. The molecule has 0 atom stereocenters. The van der Waals surface area contributed by atoms with E-state index in [1.165, 1.54) is 11.1 Å². The van der Waals surface area contributed by atoms with E-state index in [2.05, 4.69) is 26.8 Å². The molecule has 0 bridgehead atoms. The lowest BCUT2D eigenvalue weighted by atomic mass is 10.00. The Labute approximate surface area is 165 Å². The lowest BCUT2D eigenvalue weighted by Crippen LogP contribution is -2.11. The largest absolute Gasteiger partial charge is 0.490 e. The molecule has 0 radical (unpaired) electrons. The molecule has 1 N–H and O–H groups in total. The van der Waals surface area contributed by atoms with Crippen LogP contribution in [-0.2, 0) is 11.2 Å². The summed E-state index contributed by atoms with van der Waals surface area (Å²) in [4.78, 5) is 11.1. The van der Waals surface area contributed by atoms with Crippen LogP contribution in [0.15, 0.2) is 48.5 Å². The van der Waals surface area contributed by atoms with Crippen LogP contribution in [0, 0.1) is 20.8 Å². The molecule has 3 aromatic rings. The number of ether oxygens (including phenoxy) is 2. The Morgan fingerprint density at radius 2 is 1.64 bits per heavy atom. The van der Waals surface area contributed by atoms with Gasteiger partial charge in [-0.3, -0.25) is 4.79 Å². The number of hydrogen-bond acceptors (Lipinski definition) is 3. The molecule has 4 heteroatoms. The maximum absolute atomic E-state index is 11.1. The molecule has 0 spiro atoms. The van der Waals surface area contributed by atoms with Gasteiger partial charge in [0.2, 0.25) is 0 Å². The van der Waals surface area contributed by atoms with Gasteiger partial charge >= 0.3 is 5.97 Å². The van der Waals surface area contributed by atoms with Crippen LogP contribution in [0.25, 0.3) is 10.8 Å². The highest BCUT2D eigenvalue weighted by molar-refractivity contribution is 5.88. The highest BCUT2D eigenvalue weighted by atomic mass is 16.5. The summed E-state index contributed by atoms with van der Waals surface area (Å²) >= 11 is 0. The first-order valence-corrected chi connectivity index (χ1v) is 9.51. The van der Waals surface area contributed by atoms with Crippen LogP contribution in [0.3, 0.4) is 0 Å². The van der Waals surface area contributed by atoms with Crippen molar-refractivity contribution in [1.29, 1.82) is 0 Å². The highest BCUT2D eigenvalue weighted by Crippen LogP contribution is 2.29. The Balaban J connectivity index is 1.72. The van der Waals surface area contributed by atoms with Crippen molar-refractivity contribution < 1.29 is 19.4 Å². The van der Waals surface area contributed by atoms with E-state index in [0.29, 0.717) is 19.6 Å². The second-order valence-electron chi connectivity index (χ2n) is 7.06. The molecular weight excluding hydrogens is 352 g/mol. The van der Waals surface area contributed by atoms with Gasteiger partial charge in [-0.25, -0.2) is 0 Å². The molecule has 146 valence electrons. The highest BCUT2D eigenvalue weighted by Gasteiger charge is 2.11. The van der Waals surface area contributed by atoms with Crippen LogP contribution in [-0.4, -0.2) is 24.3 Å². The first-order chi connectivity index (χ1) is 13.5. The lowest BCUT2D eigenvalue weighted by Gasteiger charge is -2.16. The fraction of sp³-hybridized carbons (Fsp3) is 0.292. The van der Waals surface area contributed by atoms with Gasteiger partial charge < -0.3 is 14.6 Å². The van der Waals surface area contributed by atoms with Crippen molar-refractivity contribution in [2.75, 3.05) is 13.2 Å². The first kappa shape index (κ1) is 19.7. The Morgan fingerprint density at radius 1 is 0.929 bits per heavy atom. The zero-order valence-corrected chi connectivity index (χ0v) is 16.6. The van der Waals surface area contributed by atoms with Crippen molar-refractivity contribution in [2.45, 2.75) is 33.6 Å². The third-order valence-corrected chi connectivity index (χ3v) is 4.95. The number of rotatable bonds is 8. The van der Waals surface area contributed by atoms with Gasteiger partial charge in [0, 0.05) is 12.0 Å². The summed E-state index contributed by atoms with van der Waals surface area (Å²) in [6.07, 6.45) is 0.506. The normalized spacial score (nSPS) is 10.8. The maximum Gasteiger partial charge on any atom is 0.303 e. The molecule has 0 saturated carbocycles. The van der Waals surface area contributed by atoms with Crippen molar-refractivity contribution in [2.24, 2.45) is 0 Å². The predicted molar refractivity (Wildman–Crippen MR) is 112 cm³/mol. The number of carboxylic acids is 1. The number of benzene rings is 3. The van der Waals surface area contributed by atoms with Crippen LogP contribution >= 0.6 is 0 Å². The van der Waals surface area contributed by atoms with Crippen LogP contribution in [0.1, 0.15) is 28.7 Å². The van der Waals surface area contributed by atoms with E-state index in [4.69, 9.17) is 14.6 Å². The summed E-state index contributed by atoms with van der Waals surface area (Å²) in [6, 6.07) is 16.1. The summed E-state index contributed by atoms with van der Waals surface area (Å²) in [5, 5.41) is 11.2. The molecule has 0 aliphatic rings. The lowest BCUT2D eigenvalue weighted by molar-refractivity contribution is -0.136. The molecule has 0 saturated heterocycles. The van der Waals surface area contributed by atoms with Gasteiger partial charge in [-0.1, -0.05) is 36.4 Å². The molecule has 0 fully saturated rings. The van der Waals surface area contributed by atoms with Crippen molar-refractivity contribution in [3.05, 3.63) is 70.8 Å². The van der Waals surface area contributed by atoms with Gasteiger partial charge in [0.1, 0.15) is 24.7 Å². The van der Waals surface area contributed by atoms with E-state index in [0.717, 1.165) is 33.4 Å². The Kier molecular flexibility index (Phi) is 6.19. The average Bonchev–Trinajstić information content (AvgIpc) is 2.67. The number of carboxylic acid groups (broad SMARTS) is 1. The summed E-state index contributed by atoms with van der Waals surface area (Å²) < 4.78 is 11.9. The molecule has 3 rings (SSSR count). The molecule has 28 heavy (non-hydrogen) atoms. The third-order valence-electron chi connectivity index (χ3n) is 4.95. The molecule has 0 aliphatic heterocycles. The summed E-state index contributed by atoms with van der Waals surface area (Å²) in [5.74, 6) is 0.791. The second-order valence-corrected chi connectivity index (χ2v) is 7.06. The van der Waals surface area contributed by atoms with Crippen LogP contribution in [0.5, 0.6) is 11.5 Å². The van der Waals surface area contributed by atoms with E-state index in [1.807, 2.05) is 42.5 Å². The van der Waals surface area contributed by atoms with Gasteiger partial charge in [0.15, 0.2) is 0 Å². The quantitative estimate of drug-likeness (QED) is 0.545. The Hall–Kier alpha value is -3.01. The Morgan fingerprint density at radius 3 is 2.39 bits per heavy atom. The van der Waals surface area contributed by atoms with Crippen molar-refractivity contribution in [3.63, 3.8) is 0 Å². The van der Waals surface area contributed by atoms with E-state index >= 15 is 0 Å². The van der Waals surface area contributed by atoms with Crippen molar-refractivity contribution in [3.8, 4) is 11.5 Å². The molecule has 0 aromatic heterocycles. The van der Waals surface area contributed by atoms with E-state index in [1.54, 1.807) is 0 Å². The number of carbonyl (C=O) groups is 1. The van der Waals surface area contributed by atoms with Crippen LogP contribution in [0.4, 0.5) is 0 Å². The maximum atomic E-state index is 11.1.